The second-order valence-electron chi connectivity index (χ2n) is 5.88. The number of urea groups is 1. The van der Waals surface area contributed by atoms with Gasteiger partial charge in [0.05, 0.1) is 13.7 Å². The first-order chi connectivity index (χ1) is 13.4. The summed E-state index contributed by atoms with van der Waals surface area (Å²) in [7, 11) is 0. The number of rotatable bonds is 6. The summed E-state index contributed by atoms with van der Waals surface area (Å²) in [6.07, 6.45) is 3.27. The molecule has 144 valence electrons. The maximum absolute atomic E-state index is 13.9. The van der Waals surface area contributed by atoms with Gasteiger partial charge in [0.1, 0.15) is 23.9 Å². The van der Waals surface area contributed by atoms with Crippen molar-refractivity contribution >= 4 is 63.2 Å². The molecule has 0 spiro atoms. The second-order valence-corrected chi connectivity index (χ2v) is 8.21. The topological polar surface area (TPSA) is 58.6 Å². The molecule has 0 saturated carbocycles. The molecule has 1 aliphatic heterocycles. The van der Waals surface area contributed by atoms with Gasteiger partial charge in [-0.3, -0.25) is 9.69 Å². The molecule has 1 fully saturated rings. The molecule has 0 aliphatic carbocycles. The van der Waals surface area contributed by atoms with E-state index in [1.165, 1.54) is 6.07 Å². The molecule has 0 atom stereocenters. The van der Waals surface area contributed by atoms with Crippen LogP contribution in [0.4, 0.5) is 9.18 Å². The van der Waals surface area contributed by atoms with Crippen LogP contribution in [0.1, 0.15) is 11.1 Å². The van der Waals surface area contributed by atoms with Crippen molar-refractivity contribution in [3.05, 3.63) is 78.8 Å². The number of hydrogen-bond acceptors (Lipinski definition) is 3. The Hall–Kier alpha value is -1.95. The van der Waals surface area contributed by atoms with Gasteiger partial charge in [-0.05, 0) is 75.0 Å². The summed E-state index contributed by atoms with van der Waals surface area (Å²) >= 11 is 4.30. The lowest BCUT2D eigenvalue weighted by atomic mass is 10.1. The van der Waals surface area contributed by atoms with Crippen LogP contribution in [0.5, 0.6) is 5.75 Å². The molecule has 28 heavy (non-hydrogen) atoms. The lowest BCUT2D eigenvalue weighted by Crippen LogP contribution is -2.30. The zero-order valence-corrected chi connectivity index (χ0v) is 18.9. The highest BCUT2D eigenvalue weighted by molar-refractivity contribution is 14.1. The molecular formula is C20H15FI2N2O3. The molecule has 0 bridgehead atoms. The fraction of sp³-hybridized carbons (Fsp3) is 0.100. The summed E-state index contributed by atoms with van der Waals surface area (Å²) < 4.78 is 21.2. The van der Waals surface area contributed by atoms with Gasteiger partial charge in [0.25, 0.3) is 5.91 Å². The zero-order valence-electron chi connectivity index (χ0n) is 14.5. The van der Waals surface area contributed by atoms with Crippen molar-refractivity contribution in [1.29, 1.82) is 0 Å². The fourth-order valence-corrected chi connectivity index (χ4v) is 4.75. The number of amides is 3. The van der Waals surface area contributed by atoms with Gasteiger partial charge in [0.2, 0.25) is 0 Å². The molecule has 3 amide bonds. The zero-order chi connectivity index (χ0) is 20.3. The van der Waals surface area contributed by atoms with E-state index in [0.29, 0.717) is 6.61 Å². The van der Waals surface area contributed by atoms with Gasteiger partial charge in [0, 0.05) is 5.56 Å². The lowest BCUT2D eigenvalue weighted by Gasteiger charge is -2.12. The van der Waals surface area contributed by atoms with Crippen LogP contribution < -0.4 is 10.1 Å². The third-order valence-corrected chi connectivity index (χ3v) is 5.53. The third-order valence-electron chi connectivity index (χ3n) is 3.93. The van der Waals surface area contributed by atoms with Crippen molar-refractivity contribution in [2.75, 3.05) is 6.61 Å². The van der Waals surface area contributed by atoms with E-state index in [0.717, 1.165) is 23.4 Å². The van der Waals surface area contributed by atoms with Crippen LogP contribution in [0.2, 0.25) is 0 Å². The molecule has 1 aliphatic rings. The third kappa shape index (κ3) is 4.54. The van der Waals surface area contributed by atoms with Gasteiger partial charge in [-0.1, -0.05) is 30.9 Å². The molecule has 0 radical (unpaired) electrons. The average molecular weight is 604 g/mol. The number of hydrogen-bond donors (Lipinski definition) is 1. The van der Waals surface area contributed by atoms with E-state index in [-0.39, 0.29) is 17.8 Å². The molecule has 0 aromatic heterocycles. The maximum Gasteiger partial charge on any atom is 0.329 e. The van der Waals surface area contributed by atoms with Crippen LogP contribution >= 0.6 is 45.2 Å². The Balaban J connectivity index is 1.83. The average Bonchev–Trinajstić information content (AvgIpc) is 2.90. The number of nitrogens with zero attached hydrogens (tertiary/aromatic N) is 1. The van der Waals surface area contributed by atoms with Crippen LogP contribution in [0.25, 0.3) is 6.08 Å². The predicted molar refractivity (Wildman–Crippen MR) is 121 cm³/mol. The highest BCUT2D eigenvalue weighted by Crippen LogP contribution is 2.30. The highest BCUT2D eigenvalue weighted by atomic mass is 127. The van der Waals surface area contributed by atoms with Gasteiger partial charge in [0.15, 0.2) is 0 Å². The molecule has 1 heterocycles. The van der Waals surface area contributed by atoms with E-state index in [1.54, 1.807) is 30.4 Å². The summed E-state index contributed by atoms with van der Waals surface area (Å²) in [6, 6.07) is 9.19. The monoisotopic (exact) mass is 604 g/mol. The number of nitrogens with one attached hydrogen (secondary N) is 1. The van der Waals surface area contributed by atoms with Crippen molar-refractivity contribution in [3.8, 4) is 5.75 Å². The first kappa shape index (κ1) is 20.8. The summed E-state index contributed by atoms with van der Waals surface area (Å²) in [4.78, 5) is 25.8. The molecular weight excluding hydrogens is 589 g/mol. The normalized spacial score (nSPS) is 15.1. The number of carbonyl (C=O) groups excluding carboxylic acids is 2. The Morgan fingerprint density at radius 1 is 1.18 bits per heavy atom. The van der Waals surface area contributed by atoms with Crippen molar-refractivity contribution < 1.29 is 18.7 Å². The van der Waals surface area contributed by atoms with Gasteiger partial charge in [-0.2, -0.15) is 0 Å². The minimum atomic E-state index is -0.574. The van der Waals surface area contributed by atoms with Crippen LogP contribution in [0.3, 0.4) is 0 Å². The Bertz CT molecular complexity index is 968. The molecule has 8 heteroatoms. The fourth-order valence-electron chi connectivity index (χ4n) is 2.62. The van der Waals surface area contributed by atoms with E-state index < -0.39 is 17.8 Å². The number of carbonyl (C=O) groups is 2. The lowest BCUT2D eigenvalue weighted by molar-refractivity contribution is -0.123. The number of benzene rings is 2. The molecule has 2 aromatic rings. The molecule has 0 unspecified atom stereocenters. The molecule has 1 N–H and O–H groups in total. The van der Waals surface area contributed by atoms with Crippen molar-refractivity contribution in [2.45, 2.75) is 6.54 Å². The Kier molecular flexibility index (Phi) is 6.70. The summed E-state index contributed by atoms with van der Waals surface area (Å²) in [5.41, 5.74) is 1.17. The standard InChI is InChI=1S/C20H15FI2N2O3/c1-2-7-28-18-15(22)8-12(9-16(18)23)10-17-19(26)25(20(27)24-17)11-13-5-3-4-6-14(13)21/h2-6,8-10H,1,7,11H2,(H,24,27)/b17-10+. The van der Waals surface area contributed by atoms with Gasteiger partial charge in [-0.15, -0.1) is 0 Å². The van der Waals surface area contributed by atoms with E-state index >= 15 is 0 Å². The van der Waals surface area contributed by atoms with E-state index in [2.05, 4.69) is 57.1 Å². The van der Waals surface area contributed by atoms with Crippen molar-refractivity contribution in [1.82, 2.24) is 10.2 Å². The Morgan fingerprint density at radius 2 is 1.86 bits per heavy atom. The van der Waals surface area contributed by atoms with E-state index in [9.17, 15) is 14.0 Å². The van der Waals surface area contributed by atoms with Crippen LogP contribution in [0, 0.1) is 13.0 Å². The SMILES string of the molecule is C=CCOc1c(I)cc(/C=C2/NC(=O)N(Cc3ccccc3F)C2=O)cc1I. The van der Waals surface area contributed by atoms with Gasteiger partial charge >= 0.3 is 6.03 Å². The number of halogens is 3. The van der Waals surface area contributed by atoms with Crippen molar-refractivity contribution in [2.24, 2.45) is 0 Å². The van der Waals surface area contributed by atoms with Crippen LogP contribution in [-0.2, 0) is 11.3 Å². The van der Waals surface area contributed by atoms with E-state index in [1.807, 2.05) is 12.1 Å². The van der Waals surface area contributed by atoms with Crippen LogP contribution in [-0.4, -0.2) is 23.4 Å². The maximum atomic E-state index is 13.9. The first-order valence-corrected chi connectivity index (χ1v) is 10.4. The molecule has 3 rings (SSSR count). The molecule has 2 aromatic carbocycles. The van der Waals surface area contributed by atoms with Gasteiger partial charge in [-0.25, -0.2) is 9.18 Å². The Labute approximate surface area is 188 Å². The summed E-state index contributed by atoms with van der Waals surface area (Å²) in [5, 5.41) is 2.56. The van der Waals surface area contributed by atoms with Crippen LogP contribution in [0.15, 0.2) is 54.8 Å². The highest BCUT2D eigenvalue weighted by Gasteiger charge is 2.34. The number of ether oxygens (including phenoxy) is 1. The summed E-state index contributed by atoms with van der Waals surface area (Å²) in [6.45, 7) is 3.90. The predicted octanol–water partition coefficient (Wildman–Crippen LogP) is 4.69. The number of imide groups is 1. The molecule has 1 saturated heterocycles. The summed E-state index contributed by atoms with van der Waals surface area (Å²) in [5.74, 6) is -0.212. The largest absolute Gasteiger partial charge is 0.487 e. The van der Waals surface area contributed by atoms with E-state index in [4.69, 9.17) is 4.74 Å². The first-order valence-electron chi connectivity index (χ1n) is 8.21. The minimum absolute atomic E-state index is 0.127. The second kappa shape index (κ2) is 9.03. The van der Waals surface area contributed by atoms with Gasteiger partial charge < -0.3 is 10.1 Å². The molecule has 5 nitrogen and oxygen atoms in total. The minimum Gasteiger partial charge on any atom is -0.487 e. The quantitative estimate of drug-likeness (QED) is 0.226. The van der Waals surface area contributed by atoms with Crippen molar-refractivity contribution in [3.63, 3.8) is 0 Å². The Morgan fingerprint density at radius 3 is 2.50 bits per heavy atom. The smallest absolute Gasteiger partial charge is 0.329 e.